The Labute approximate surface area is 125 Å². The summed E-state index contributed by atoms with van der Waals surface area (Å²) in [6.45, 7) is 0. The first kappa shape index (κ1) is 13.6. The van der Waals surface area contributed by atoms with Crippen LogP contribution in [-0.4, -0.2) is 38.2 Å². The van der Waals surface area contributed by atoms with Gasteiger partial charge in [0.1, 0.15) is 5.75 Å². The Balaban J connectivity index is 1.70. The molecule has 0 radical (unpaired) electrons. The first-order chi connectivity index (χ1) is 10.3. The molecule has 0 fully saturated rings. The quantitative estimate of drug-likeness (QED) is 0.531. The van der Waals surface area contributed by atoms with Crippen molar-refractivity contribution in [3.8, 4) is 5.75 Å². The fraction of sp³-hybridized carbons (Fsp3) is 0.143. The average Bonchev–Trinajstić information content (AvgIpc) is 2.96. The molecule has 2 aromatic heterocycles. The largest absolute Gasteiger partial charge is 0.497 e. The van der Waals surface area contributed by atoms with Gasteiger partial charge in [-0.05, 0) is 30.3 Å². The number of carbonyl (C=O) groups excluding carboxylic acids is 1. The molecule has 0 spiro atoms. The summed E-state index contributed by atoms with van der Waals surface area (Å²) in [5.74, 6) is 1.58. The van der Waals surface area contributed by atoms with Crippen molar-refractivity contribution in [2.24, 2.45) is 0 Å². The number of Topliss-reactive ketones (excluding diaryl/α,β-unsaturated/α-hetero) is 1. The number of fused-ring (bicyclic) bond motifs is 1. The Morgan fingerprint density at radius 2 is 2.10 bits per heavy atom. The number of aromatic nitrogens is 4. The second kappa shape index (κ2) is 5.92. The number of ketones is 1. The van der Waals surface area contributed by atoms with Crippen LogP contribution in [-0.2, 0) is 0 Å². The zero-order chi connectivity index (χ0) is 14.7. The molecule has 0 aliphatic carbocycles. The van der Waals surface area contributed by atoms with Crippen LogP contribution in [0, 0.1) is 0 Å². The van der Waals surface area contributed by atoms with Crippen LogP contribution in [0.5, 0.6) is 5.75 Å². The molecule has 0 saturated heterocycles. The molecule has 2 heterocycles. The summed E-state index contributed by atoms with van der Waals surface area (Å²) in [6, 6.07) is 8.85. The number of carbonyl (C=O) groups is 1. The number of rotatable bonds is 5. The van der Waals surface area contributed by atoms with Gasteiger partial charge in [0.15, 0.2) is 10.9 Å². The molecule has 0 aliphatic rings. The van der Waals surface area contributed by atoms with Crippen LogP contribution < -0.4 is 4.74 Å². The predicted octanol–water partition coefficient (Wildman–Crippen LogP) is 2.11. The lowest BCUT2D eigenvalue weighted by atomic mass is 10.1. The van der Waals surface area contributed by atoms with Gasteiger partial charge in [0.2, 0.25) is 0 Å². The molecule has 3 rings (SSSR count). The third kappa shape index (κ3) is 2.87. The van der Waals surface area contributed by atoms with Crippen LogP contribution in [0.2, 0.25) is 0 Å². The first-order valence-corrected chi connectivity index (χ1v) is 7.22. The Kier molecular flexibility index (Phi) is 3.83. The lowest BCUT2D eigenvalue weighted by molar-refractivity contribution is 0.102. The van der Waals surface area contributed by atoms with Gasteiger partial charge in [0.05, 0.1) is 12.9 Å². The summed E-state index contributed by atoms with van der Waals surface area (Å²) >= 11 is 1.34. The predicted molar refractivity (Wildman–Crippen MR) is 78.8 cm³/mol. The fourth-order valence-corrected chi connectivity index (χ4v) is 2.62. The van der Waals surface area contributed by atoms with Gasteiger partial charge in [-0.15, -0.1) is 10.2 Å². The Hall–Kier alpha value is -2.41. The van der Waals surface area contributed by atoms with E-state index < -0.39 is 0 Å². The Morgan fingerprint density at radius 3 is 2.86 bits per heavy atom. The molecule has 106 valence electrons. The second-order valence-corrected chi connectivity index (χ2v) is 5.16. The second-order valence-electron chi connectivity index (χ2n) is 4.21. The molecule has 0 saturated carbocycles. The van der Waals surface area contributed by atoms with Crippen LogP contribution in [0.3, 0.4) is 0 Å². The fourth-order valence-electron chi connectivity index (χ4n) is 1.81. The Morgan fingerprint density at radius 1 is 1.29 bits per heavy atom. The highest BCUT2D eigenvalue weighted by Crippen LogP contribution is 2.18. The zero-order valence-corrected chi connectivity index (χ0v) is 12.1. The molecule has 7 heteroatoms. The van der Waals surface area contributed by atoms with E-state index in [1.165, 1.54) is 11.8 Å². The standard InChI is InChI=1S/C14H12N4O2S/c1-20-11-5-3-10(4-6-11)12(19)9-21-14-17-16-13-15-7-2-8-18(13)14/h2-8H,9H2,1H3. The SMILES string of the molecule is COc1ccc(C(=O)CSc2nnc3ncccn23)cc1. The van der Waals surface area contributed by atoms with E-state index in [1.54, 1.807) is 48.0 Å². The molecule has 0 bridgehead atoms. The van der Waals surface area contributed by atoms with Crippen molar-refractivity contribution in [3.63, 3.8) is 0 Å². The van der Waals surface area contributed by atoms with Crippen molar-refractivity contribution in [3.05, 3.63) is 48.3 Å². The van der Waals surface area contributed by atoms with E-state index in [-0.39, 0.29) is 5.78 Å². The minimum absolute atomic E-state index is 0.0308. The molecule has 0 unspecified atom stereocenters. The minimum atomic E-state index is 0.0308. The van der Waals surface area contributed by atoms with E-state index in [9.17, 15) is 4.79 Å². The van der Waals surface area contributed by atoms with Gasteiger partial charge in [-0.3, -0.25) is 9.20 Å². The number of hydrogen-bond acceptors (Lipinski definition) is 6. The summed E-state index contributed by atoms with van der Waals surface area (Å²) in [6.07, 6.45) is 3.48. The van der Waals surface area contributed by atoms with E-state index in [0.717, 1.165) is 5.75 Å². The Bertz CT molecular complexity index is 770. The van der Waals surface area contributed by atoms with Gasteiger partial charge >= 0.3 is 0 Å². The normalized spacial score (nSPS) is 10.7. The number of nitrogens with zero attached hydrogens (tertiary/aromatic N) is 4. The molecule has 21 heavy (non-hydrogen) atoms. The van der Waals surface area contributed by atoms with Gasteiger partial charge in [-0.25, -0.2) is 4.98 Å². The number of hydrogen-bond donors (Lipinski definition) is 0. The molecular formula is C14H12N4O2S. The average molecular weight is 300 g/mol. The summed E-state index contributed by atoms with van der Waals surface area (Å²) in [7, 11) is 1.59. The number of benzene rings is 1. The van der Waals surface area contributed by atoms with E-state index >= 15 is 0 Å². The maximum Gasteiger partial charge on any atom is 0.255 e. The van der Waals surface area contributed by atoms with Crippen molar-refractivity contribution in [1.29, 1.82) is 0 Å². The van der Waals surface area contributed by atoms with Crippen molar-refractivity contribution in [1.82, 2.24) is 19.6 Å². The molecule has 0 amide bonds. The van der Waals surface area contributed by atoms with Gasteiger partial charge < -0.3 is 4.74 Å². The molecule has 6 nitrogen and oxygen atoms in total. The van der Waals surface area contributed by atoms with Gasteiger partial charge in [-0.2, -0.15) is 0 Å². The van der Waals surface area contributed by atoms with Crippen LogP contribution in [0.25, 0.3) is 5.78 Å². The van der Waals surface area contributed by atoms with E-state index in [4.69, 9.17) is 4.74 Å². The van der Waals surface area contributed by atoms with E-state index in [0.29, 0.717) is 22.3 Å². The number of ether oxygens (including phenoxy) is 1. The van der Waals surface area contributed by atoms with Crippen LogP contribution in [0.15, 0.2) is 47.9 Å². The number of thioether (sulfide) groups is 1. The summed E-state index contributed by atoms with van der Waals surface area (Å²) in [4.78, 5) is 16.2. The van der Waals surface area contributed by atoms with Crippen molar-refractivity contribution < 1.29 is 9.53 Å². The van der Waals surface area contributed by atoms with Gasteiger partial charge in [0.25, 0.3) is 5.78 Å². The molecule has 0 aliphatic heterocycles. The molecule has 0 atom stereocenters. The highest BCUT2D eigenvalue weighted by Gasteiger charge is 2.11. The monoisotopic (exact) mass is 300 g/mol. The summed E-state index contributed by atoms with van der Waals surface area (Å²) < 4.78 is 6.83. The van der Waals surface area contributed by atoms with Crippen molar-refractivity contribution in [2.45, 2.75) is 5.16 Å². The maximum atomic E-state index is 12.1. The lowest BCUT2D eigenvalue weighted by Crippen LogP contribution is -2.03. The minimum Gasteiger partial charge on any atom is -0.497 e. The van der Waals surface area contributed by atoms with Crippen LogP contribution in [0.4, 0.5) is 0 Å². The van der Waals surface area contributed by atoms with Crippen molar-refractivity contribution in [2.75, 3.05) is 12.9 Å². The highest BCUT2D eigenvalue weighted by atomic mass is 32.2. The topological polar surface area (TPSA) is 69.4 Å². The molecular weight excluding hydrogens is 288 g/mol. The summed E-state index contributed by atoms with van der Waals surface area (Å²) in [5, 5.41) is 8.63. The third-order valence-corrected chi connectivity index (χ3v) is 3.85. The first-order valence-electron chi connectivity index (χ1n) is 6.24. The van der Waals surface area contributed by atoms with Crippen LogP contribution >= 0.6 is 11.8 Å². The van der Waals surface area contributed by atoms with Crippen LogP contribution in [0.1, 0.15) is 10.4 Å². The smallest absolute Gasteiger partial charge is 0.255 e. The molecule has 1 aromatic carbocycles. The zero-order valence-electron chi connectivity index (χ0n) is 11.3. The van der Waals surface area contributed by atoms with Gasteiger partial charge in [-0.1, -0.05) is 11.8 Å². The lowest BCUT2D eigenvalue weighted by Gasteiger charge is -2.02. The highest BCUT2D eigenvalue weighted by molar-refractivity contribution is 7.99. The molecule has 0 N–H and O–H groups in total. The molecule has 3 aromatic rings. The van der Waals surface area contributed by atoms with E-state index in [1.807, 2.05) is 6.20 Å². The van der Waals surface area contributed by atoms with Gasteiger partial charge in [0, 0.05) is 18.0 Å². The van der Waals surface area contributed by atoms with E-state index in [2.05, 4.69) is 15.2 Å². The summed E-state index contributed by atoms with van der Waals surface area (Å²) in [5.41, 5.74) is 0.648. The third-order valence-electron chi connectivity index (χ3n) is 2.90. The maximum absolute atomic E-state index is 12.1. The van der Waals surface area contributed by atoms with Crippen molar-refractivity contribution >= 4 is 23.3 Å². The number of methoxy groups -OCH3 is 1.